The first kappa shape index (κ1) is 13.6. The number of hydrogen-bond acceptors (Lipinski definition) is 2. The third kappa shape index (κ3) is 3.86. The fraction of sp³-hybridized carbons (Fsp3) is 0.500. The molecule has 1 aromatic carbocycles. The molecule has 3 nitrogen and oxygen atoms in total. The molecule has 1 amide bonds. The maximum absolute atomic E-state index is 12.0. The van der Waals surface area contributed by atoms with Crippen molar-refractivity contribution in [2.45, 2.75) is 44.7 Å². The smallest absolute Gasteiger partial charge is 0.242 e. The number of carbonyl (C=O) groups excluding carboxylic acids is 1. The second-order valence-electron chi connectivity index (χ2n) is 4.87. The molecule has 1 aromatic rings. The van der Waals surface area contributed by atoms with Crippen LogP contribution in [0.4, 0.5) is 5.69 Å². The molecule has 1 aliphatic carbocycles. The summed E-state index contributed by atoms with van der Waals surface area (Å²) in [6, 6.07) is 8.25. The molecular formula is C14H19IN2O. The average Bonchev–Trinajstić information content (AvgIpc) is 2.81. The van der Waals surface area contributed by atoms with Crippen LogP contribution < -0.4 is 10.6 Å². The Kier molecular flexibility index (Phi) is 4.86. The number of carbonyl (C=O) groups is 1. The highest BCUT2D eigenvalue weighted by Crippen LogP contribution is 2.18. The number of amides is 1. The molecule has 1 fully saturated rings. The van der Waals surface area contributed by atoms with Gasteiger partial charge in [-0.15, -0.1) is 0 Å². The summed E-state index contributed by atoms with van der Waals surface area (Å²) in [6.07, 6.45) is 4.73. The van der Waals surface area contributed by atoms with E-state index in [4.69, 9.17) is 0 Å². The van der Waals surface area contributed by atoms with Crippen LogP contribution in [0.15, 0.2) is 24.3 Å². The molecule has 98 valence electrons. The van der Waals surface area contributed by atoms with Crippen molar-refractivity contribution >= 4 is 34.2 Å². The van der Waals surface area contributed by atoms with Crippen LogP contribution >= 0.6 is 22.6 Å². The standard InChI is InChI=1S/C14H19IN2O/c1-10(14(18)17-12-6-2-3-7-12)16-13-8-4-5-11(15)9-13/h4-5,8-10,12,16H,2-3,6-7H2,1H3,(H,17,18). The zero-order valence-corrected chi connectivity index (χ0v) is 12.7. The van der Waals surface area contributed by atoms with E-state index >= 15 is 0 Å². The third-order valence-electron chi connectivity index (χ3n) is 3.30. The third-order valence-corrected chi connectivity index (χ3v) is 3.97. The number of benzene rings is 1. The normalized spacial score (nSPS) is 17.4. The molecule has 2 rings (SSSR count). The summed E-state index contributed by atoms with van der Waals surface area (Å²) in [5.74, 6) is 0.0979. The number of hydrogen-bond donors (Lipinski definition) is 2. The molecule has 0 saturated heterocycles. The largest absolute Gasteiger partial charge is 0.374 e. The van der Waals surface area contributed by atoms with Gasteiger partial charge < -0.3 is 10.6 Å². The van der Waals surface area contributed by atoms with Crippen LogP contribution in [0.25, 0.3) is 0 Å². The highest BCUT2D eigenvalue weighted by molar-refractivity contribution is 14.1. The Morgan fingerprint density at radius 3 is 2.78 bits per heavy atom. The van der Waals surface area contributed by atoms with Crippen molar-refractivity contribution < 1.29 is 4.79 Å². The van der Waals surface area contributed by atoms with Gasteiger partial charge in [-0.3, -0.25) is 4.79 Å². The molecule has 1 saturated carbocycles. The highest BCUT2D eigenvalue weighted by Gasteiger charge is 2.20. The Labute approximate surface area is 122 Å². The second-order valence-corrected chi connectivity index (χ2v) is 6.11. The first-order chi connectivity index (χ1) is 8.65. The van der Waals surface area contributed by atoms with E-state index < -0.39 is 0 Å². The zero-order chi connectivity index (χ0) is 13.0. The molecule has 2 N–H and O–H groups in total. The molecule has 1 atom stereocenters. The predicted octanol–water partition coefficient (Wildman–Crippen LogP) is 3.15. The molecule has 0 spiro atoms. The maximum Gasteiger partial charge on any atom is 0.242 e. The van der Waals surface area contributed by atoms with Gasteiger partial charge in [0, 0.05) is 15.3 Å². The molecule has 0 heterocycles. The average molecular weight is 358 g/mol. The Balaban J connectivity index is 1.86. The van der Waals surface area contributed by atoms with Crippen LogP contribution in [-0.2, 0) is 4.79 Å². The van der Waals surface area contributed by atoms with E-state index in [9.17, 15) is 4.79 Å². The van der Waals surface area contributed by atoms with E-state index in [1.54, 1.807) is 0 Å². The van der Waals surface area contributed by atoms with Crippen LogP contribution in [0, 0.1) is 3.57 Å². The summed E-state index contributed by atoms with van der Waals surface area (Å²) in [5, 5.41) is 6.35. The topological polar surface area (TPSA) is 41.1 Å². The van der Waals surface area contributed by atoms with Crippen LogP contribution in [0.2, 0.25) is 0 Å². The minimum Gasteiger partial charge on any atom is -0.374 e. The van der Waals surface area contributed by atoms with E-state index in [0.717, 1.165) is 18.5 Å². The molecule has 0 aliphatic heterocycles. The van der Waals surface area contributed by atoms with E-state index in [-0.39, 0.29) is 11.9 Å². The number of nitrogens with one attached hydrogen (secondary N) is 2. The van der Waals surface area contributed by atoms with Crippen LogP contribution in [-0.4, -0.2) is 18.0 Å². The molecule has 4 heteroatoms. The molecule has 1 aliphatic rings. The van der Waals surface area contributed by atoms with Crippen LogP contribution in [0.1, 0.15) is 32.6 Å². The summed E-state index contributed by atoms with van der Waals surface area (Å²) < 4.78 is 1.17. The van der Waals surface area contributed by atoms with Crippen LogP contribution in [0.3, 0.4) is 0 Å². The van der Waals surface area contributed by atoms with Gasteiger partial charge in [0.25, 0.3) is 0 Å². The first-order valence-corrected chi connectivity index (χ1v) is 7.55. The molecule has 1 unspecified atom stereocenters. The van der Waals surface area contributed by atoms with Crippen molar-refractivity contribution in [2.24, 2.45) is 0 Å². The lowest BCUT2D eigenvalue weighted by atomic mass is 10.2. The van der Waals surface area contributed by atoms with E-state index in [1.165, 1.54) is 16.4 Å². The van der Waals surface area contributed by atoms with Crippen molar-refractivity contribution in [3.63, 3.8) is 0 Å². The molecular weight excluding hydrogens is 339 g/mol. The fourth-order valence-electron chi connectivity index (χ4n) is 2.29. The van der Waals surface area contributed by atoms with Crippen molar-refractivity contribution in [2.75, 3.05) is 5.32 Å². The maximum atomic E-state index is 12.0. The Morgan fingerprint density at radius 1 is 1.39 bits per heavy atom. The summed E-state index contributed by atoms with van der Waals surface area (Å²) >= 11 is 2.27. The predicted molar refractivity (Wildman–Crippen MR) is 82.6 cm³/mol. The Bertz CT molecular complexity index is 416. The second kappa shape index (κ2) is 6.41. The van der Waals surface area contributed by atoms with Crippen LogP contribution in [0.5, 0.6) is 0 Å². The minimum absolute atomic E-state index is 0.0979. The lowest BCUT2D eigenvalue weighted by Crippen LogP contribution is -2.42. The zero-order valence-electron chi connectivity index (χ0n) is 10.6. The van der Waals surface area contributed by atoms with Gasteiger partial charge in [0.05, 0.1) is 0 Å². The SMILES string of the molecule is CC(Nc1cccc(I)c1)C(=O)NC1CCCC1. The monoisotopic (exact) mass is 358 g/mol. The van der Waals surface area contributed by atoms with Crippen molar-refractivity contribution in [1.29, 1.82) is 0 Å². The fourth-order valence-corrected chi connectivity index (χ4v) is 2.83. The van der Waals surface area contributed by atoms with Gasteiger partial charge >= 0.3 is 0 Å². The molecule has 0 aromatic heterocycles. The number of halogens is 1. The Morgan fingerprint density at radius 2 is 2.11 bits per heavy atom. The van der Waals surface area contributed by atoms with Gasteiger partial charge in [0.1, 0.15) is 6.04 Å². The molecule has 0 radical (unpaired) electrons. The van der Waals surface area contributed by atoms with Gasteiger partial charge in [0.2, 0.25) is 5.91 Å². The summed E-state index contributed by atoms with van der Waals surface area (Å²) in [4.78, 5) is 12.0. The lowest BCUT2D eigenvalue weighted by molar-refractivity contribution is -0.122. The van der Waals surface area contributed by atoms with E-state index in [1.807, 2.05) is 31.2 Å². The van der Waals surface area contributed by atoms with Gasteiger partial charge in [0.15, 0.2) is 0 Å². The van der Waals surface area contributed by atoms with Gasteiger partial charge in [-0.2, -0.15) is 0 Å². The number of anilines is 1. The van der Waals surface area contributed by atoms with Gasteiger partial charge in [-0.05, 0) is 60.6 Å². The molecule has 0 bridgehead atoms. The summed E-state index contributed by atoms with van der Waals surface area (Å²) in [7, 11) is 0. The molecule has 18 heavy (non-hydrogen) atoms. The van der Waals surface area contributed by atoms with E-state index in [2.05, 4.69) is 33.2 Å². The highest BCUT2D eigenvalue weighted by atomic mass is 127. The van der Waals surface area contributed by atoms with Gasteiger partial charge in [-0.25, -0.2) is 0 Å². The summed E-state index contributed by atoms with van der Waals surface area (Å²) in [6.45, 7) is 1.91. The van der Waals surface area contributed by atoms with Gasteiger partial charge in [-0.1, -0.05) is 18.9 Å². The summed E-state index contributed by atoms with van der Waals surface area (Å²) in [5.41, 5.74) is 0.996. The van der Waals surface area contributed by atoms with E-state index in [0.29, 0.717) is 6.04 Å². The number of rotatable bonds is 4. The first-order valence-electron chi connectivity index (χ1n) is 6.47. The minimum atomic E-state index is -0.191. The van der Waals surface area contributed by atoms with Crippen molar-refractivity contribution in [1.82, 2.24) is 5.32 Å². The Hall–Kier alpha value is -0.780. The van der Waals surface area contributed by atoms with Crippen molar-refractivity contribution in [3.8, 4) is 0 Å². The quantitative estimate of drug-likeness (QED) is 0.812. The van der Waals surface area contributed by atoms with Crippen molar-refractivity contribution in [3.05, 3.63) is 27.8 Å². The lowest BCUT2D eigenvalue weighted by Gasteiger charge is -2.18.